The van der Waals surface area contributed by atoms with Gasteiger partial charge in [-0.15, -0.1) is 0 Å². The number of rotatable bonds is 4. The van der Waals surface area contributed by atoms with Gasteiger partial charge in [-0.1, -0.05) is 48.5 Å². The smallest absolute Gasteiger partial charge is 0.271 e. The van der Waals surface area contributed by atoms with E-state index in [9.17, 15) is 9.59 Å². The molecule has 0 saturated carbocycles. The third-order valence-corrected chi connectivity index (χ3v) is 5.06. The zero-order chi connectivity index (χ0) is 18.1. The highest BCUT2D eigenvalue weighted by Gasteiger charge is 2.34. The Morgan fingerprint density at radius 2 is 1.77 bits per heavy atom. The van der Waals surface area contributed by atoms with E-state index in [0.717, 1.165) is 22.9 Å². The number of amides is 2. The summed E-state index contributed by atoms with van der Waals surface area (Å²) >= 11 is 0. The number of benzene rings is 2. The highest BCUT2D eigenvalue weighted by molar-refractivity contribution is 6.01. The molecule has 2 N–H and O–H groups in total. The fourth-order valence-corrected chi connectivity index (χ4v) is 3.78. The standard InChI is InChI=1S/C21H21N3O2/c22-20(25)18-11-6-12-23(18)21(26)19-13-16-9-4-5-10-17(16)24(19)14-15-7-2-1-3-8-15/h1-5,7-10,13,18H,6,11-12,14H2,(H2,22,25)/t18-/m1/s1. The number of hydrogen-bond acceptors (Lipinski definition) is 2. The van der Waals surface area contributed by atoms with Crippen LogP contribution in [0.15, 0.2) is 60.7 Å². The lowest BCUT2D eigenvalue weighted by atomic mass is 10.2. The van der Waals surface area contributed by atoms with Gasteiger partial charge in [0.05, 0.1) is 0 Å². The molecule has 1 atom stereocenters. The Morgan fingerprint density at radius 3 is 2.54 bits per heavy atom. The van der Waals surface area contributed by atoms with Crippen molar-refractivity contribution < 1.29 is 9.59 Å². The van der Waals surface area contributed by atoms with Crippen LogP contribution in [0.3, 0.4) is 0 Å². The van der Waals surface area contributed by atoms with Crippen LogP contribution in [0, 0.1) is 0 Å². The molecule has 132 valence electrons. The molecule has 0 unspecified atom stereocenters. The normalized spacial score (nSPS) is 16.9. The second-order valence-electron chi connectivity index (χ2n) is 6.72. The van der Waals surface area contributed by atoms with Crippen LogP contribution in [0.25, 0.3) is 10.9 Å². The van der Waals surface area contributed by atoms with Crippen molar-refractivity contribution in [2.24, 2.45) is 5.73 Å². The Kier molecular flexibility index (Phi) is 4.21. The van der Waals surface area contributed by atoms with Gasteiger partial charge in [-0.2, -0.15) is 0 Å². The third kappa shape index (κ3) is 2.86. The van der Waals surface area contributed by atoms with Crippen LogP contribution < -0.4 is 5.73 Å². The Hall–Kier alpha value is -3.08. The highest BCUT2D eigenvalue weighted by Crippen LogP contribution is 2.26. The summed E-state index contributed by atoms with van der Waals surface area (Å²) in [5, 5.41) is 1.02. The summed E-state index contributed by atoms with van der Waals surface area (Å²) < 4.78 is 2.03. The van der Waals surface area contributed by atoms with E-state index >= 15 is 0 Å². The maximum Gasteiger partial charge on any atom is 0.271 e. The van der Waals surface area contributed by atoms with E-state index in [4.69, 9.17) is 5.73 Å². The fraction of sp³-hybridized carbons (Fsp3) is 0.238. The zero-order valence-corrected chi connectivity index (χ0v) is 14.5. The number of para-hydroxylation sites is 1. The van der Waals surface area contributed by atoms with Gasteiger partial charge < -0.3 is 15.2 Å². The van der Waals surface area contributed by atoms with Gasteiger partial charge in [0.15, 0.2) is 0 Å². The molecule has 2 heterocycles. The van der Waals surface area contributed by atoms with Crippen LogP contribution >= 0.6 is 0 Å². The van der Waals surface area contributed by atoms with Crippen LogP contribution in [-0.2, 0) is 11.3 Å². The molecule has 26 heavy (non-hydrogen) atoms. The first-order valence-electron chi connectivity index (χ1n) is 8.87. The molecule has 0 radical (unpaired) electrons. The predicted molar refractivity (Wildman–Crippen MR) is 101 cm³/mol. The van der Waals surface area contributed by atoms with Crippen molar-refractivity contribution in [3.05, 3.63) is 71.9 Å². The molecule has 1 aliphatic rings. The molecule has 4 rings (SSSR count). The van der Waals surface area contributed by atoms with Crippen molar-refractivity contribution in [3.63, 3.8) is 0 Å². The first kappa shape index (κ1) is 16.4. The van der Waals surface area contributed by atoms with E-state index in [1.807, 2.05) is 65.2 Å². The molecule has 1 aromatic heterocycles. The van der Waals surface area contributed by atoms with Crippen molar-refractivity contribution in [1.82, 2.24) is 9.47 Å². The van der Waals surface area contributed by atoms with Gasteiger partial charge in [-0.25, -0.2) is 0 Å². The monoisotopic (exact) mass is 347 g/mol. The third-order valence-electron chi connectivity index (χ3n) is 5.06. The number of aromatic nitrogens is 1. The number of likely N-dealkylation sites (tertiary alicyclic amines) is 1. The van der Waals surface area contributed by atoms with E-state index in [1.54, 1.807) is 4.90 Å². The molecule has 1 fully saturated rings. The fourth-order valence-electron chi connectivity index (χ4n) is 3.78. The predicted octanol–water partition coefficient (Wildman–Crippen LogP) is 2.78. The van der Waals surface area contributed by atoms with Gasteiger partial charge in [0.25, 0.3) is 5.91 Å². The van der Waals surface area contributed by atoms with Crippen LogP contribution in [0.2, 0.25) is 0 Å². The second kappa shape index (κ2) is 6.67. The number of nitrogens with two attached hydrogens (primary N) is 1. The number of hydrogen-bond donors (Lipinski definition) is 1. The van der Waals surface area contributed by atoms with E-state index < -0.39 is 11.9 Å². The molecule has 0 spiro atoms. The Balaban J connectivity index is 1.78. The average Bonchev–Trinajstić information content (AvgIpc) is 3.28. The number of fused-ring (bicyclic) bond motifs is 1. The average molecular weight is 347 g/mol. The number of carbonyl (C=O) groups is 2. The number of carbonyl (C=O) groups excluding carboxylic acids is 2. The van der Waals surface area contributed by atoms with E-state index in [1.165, 1.54) is 0 Å². The molecular weight excluding hydrogens is 326 g/mol. The summed E-state index contributed by atoms with van der Waals surface area (Å²) in [4.78, 5) is 26.6. The van der Waals surface area contributed by atoms with E-state index in [-0.39, 0.29) is 5.91 Å². The molecular formula is C21H21N3O2. The zero-order valence-electron chi connectivity index (χ0n) is 14.5. The Bertz CT molecular complexity index is 962. The lowest BCUT2D eigenvalue weighted by Crippen LogP contribution is -2.44. The van der Waals surface area contributed by atoms with Crippen LogP contribution in [-0.4, -0.2) is 33.9 Å². The molecule has 5 heteroatoms. The largest absolute Gasteiger partial charge is 0.368 e. The lowest BCUT2D eigenvalue weighted by molar-refractivity contribution is -0.121. The van der Waals surface area contributed by atoms with Crippen LogP contribution in [0.1, 0.15) is 28.9 Å². The first-order chi connectivity index (χ1) is 12.6. The van der Waals surface area contributed by atoms with Gasteiger partial charge in [-0.3, -0.25) is 9.59 Å². The second-order valence-corrected chi connectivity index (χ2v) is 6.72. The van der Waals surface area contributed by atoms with Gasteiger partial charge in [0, 0.05) is 24.0 Å². The quantitative estimate of drug-likeness (QED) is 0.788. The summed E-state index contributed by atoms with van der Waals surface area (Å²) in [6.07, 6.45) is 1.44. The number of primary amides is 1. The van der Waals surface area contributed by atoms with Gasteiger partial charge in [0.2, 0.25) is 5.91 Å². The van der Waals surface area contributed by atoms with Gasteiger partial charge in [0.1, 0.15) is 11.7 Å². The summed E-state index contributed by atoms with van der Waals surface area (Å²) in [6.45, 7) is 1.17. The maximum atomic E-state index is 13.2. The minimum atomic E-state index is -0.509. The molecule has 1 aliphatic heterocycles. The minimum Gasteiger partial charge on any atom is -0.368 e. The van der Waals surface area contributed by atoms with Crippen molar-refractivity contribution in [3.8, 4) is 0 Å². The van der Waals surface area contributed by atoms with Crippen LogP contribution in [0.5, 0.6) is 0 Å². The Morgan fingerprint density at radius 1 is 1.04 bits per heavy atom. The summed E-state index contributed by atoms with van der Waals surface area (Å²) in [6, 6.07) is 19.4. The van der Waals surface area contributed by atoms with Gasteiger partial charge >= 0.3 is 0 Å². The van der Waals surface area contributed by atoms with Crippen molar-refractivity contribution in [2.75, 3.05) is 6.54 Å². The lowest BCUT2D eigenvalue weighted by Gasteiger charge is -2.23. The van der Waals surface area contributed by atoms with Crippen molar-refractivity contribution >= 4 is 22.7 Å². The van der Waals surface area contributed by atoms with Crippen LogP contribution in [0.4, 0.5) is 0 Å². The van der Waals surface area contributed by atoms with Crippen molar-refractivity contribution in [2.45, 2.75) is 25.4 Å². The first-order valence-corrected chi connectivity index (χ1v) is 8.87. The summed E-state index contributed by atoms with van der Waals surface area (Å²) in [5.41, 5.74) is 8.23. The SMILES string of the molecule is NC(=O)[C@H]1CCCN1C(=O)c1cc2ccccc2n1Cc1ccccc1. The molecule has 1 saturated heterocycles. The highest BCUT2D eigenvalue weighted by atomic mass is 16.2. The summed E-state index contributed by atoms with van der Waals surface area (Å²) in [7, 11) is 0. The molecule has 5 nitrogen and oxygen atoms in total. The molecule has 2 amide bonds. The molecule has 0 bridgehead atoms. The van der Waals surface area contributed by atoms with Gasteiger partial charge in [-0.05, 0) is 30.5 Å². The Labute approximate surface area is 152 Å². The topological polar surface area (TPSA) is 68.3 Å². The molecule has 2 aromatic carbocycles. The van der Waals surface area contributed by atoms with E-state index in [2.05, 4.69) is 0 Å². The minimum absolute atomic E-state index is 0.126. The molecule has 3 aromatic rings. The molecule has 0 aliphatic carbocycles. The van der Waals surface area contributed by atoms with E-state index in [0.29, 0.717) is 25.2 Å². The number of nitrogens with zero attached hydrogens (tertiary/aromatic N) is 2. The summed E-state index contributed by atoms with van der Waals surface area (Å²) in [5.74, 6) is -0.556. The van der Waals surface area contributed by atoms with Crippen molar-refractivity contribution in [1.29, 1.82) is 0 Å². The maximum absolute atomic E-state index is 13.2.